The molecular formula is C15H29N3O2. The van der Waals surface area contributed by atoms with E-state index in [2.05, 4.69) is 25.7 Å². The molecule has 5 heteroatoms. The fourth-order valence-electron chi connectivity index (χ4n) is 2.52. The summed E-state index contributed by atoms with van der Waals surface area (Å²) in [5.41, 5.74) is 0. The van der Waals surface area contributed by atoms with E-state index in [0.717, 1.165) is 39.3 Å². The molecule has 0 saturated carbocycles. The lowest BCUT2D eigenvalue weighted by Crippen LogP contribution is -2.49. The minimum atomic E-state index is 0.0577. The Morgan fingerprint density at radius 3 is 2.20 bits per heavy atom. The van der Waals surface area contributed by atoms with E-state index in [4.69, 9.17) is 0 Å². The van der Waals surface area contributed by atoms with Crippen molar-refractivity contribution in [3.05, 3.63) is 0 Å². The Kier molecular flexibility index (Phi) is 6.99. The molecule has 20 heavy (non-hydrogen) atoms. The molecule has 0 aromatic carbocycles. The predicted molar refractivity (Wildman–Crippen MR) is 80.4 cm³/mol. The third kappa shape index (κ3) is 5.49. The standard InChI is InChI=1S/C15H29N3O2/c1-5-16-8-10-17(11-9-16)15(20)6-7-18(14(4)19)12-13(2)3/h13H,5-12H2,1-4H3. The largest absolute Gasteiger partial charge is 0.342 e. The van der Waals surface area contributed by atoms with Crippen LogP contribution in [0.25, 0.3) is 0 Å². The maximum Gasteiger partial charge on any atom is 0.224 e. The van der Waals surface area contributed by atoms with Crippen LogP contribution in [-0.4, -0.2) is 72.3 Å². The fourth-order valence-corrected chi connectivity index (χ4v) is 2.52. The van der Waals surface area contributed by atoms with E-state index in [0.29, 0.717) is 18.9 Å². The van der Waals surface area contributed by atoms with Crippen molar-refractivity contribution in [3.8, 4) is 0 Å². The fraction of sp³-hybridized carbons (Fsp3) is 0.867. The highest BCUT2D eigenvalue weighted by Crippen LogP contribution is 2.06. The third-order valence-corrected chi connectivity index (χ3v) is 3.80. The van der Waals surface area contributed by atoms with Crippen molar-refractivity contribution in [2.45, 2.75) is 34.1 Å². The molecule has 0 aromatic rings. The second-order valence-corrected chi connectivity index (χ2v) is 5.92. The van der Waals surface area contributed by atoms with Crippen molar-refractivity contribution in [1.29, 1.82) is 0 Å². The Morgan fingerprint density at radius 1 is 1.15 bits per heavy atom. The van der Waals surface area contributed by atoms with E-state index < -0.39 is 0 Å². The van der Waals surface area contributed by atoms with E-state index in [9.17, 15) is 9.59 Å². The second-order valence-electron chi connectivity index (χ2n) is 5.92. The molecule has 0 radical (unpaired) electrons. The molecular weight excluding hydrogens is 254 g/mol. The summed E-state index contributed by atoms with van der Waals surface area (Å²) in [6, 6.07) is 0. The number of amides is 2. The molecule has 0 spiro atoms. The third-order valence-electron chi connectivity index (χ3n) is 3.80. The van der Waals surface area contributed by atoms with Crippen LogP contribution in [0.2, 0.25) is 0 Å². The number of nitrogens with zero attached hydrogens (tertiary/aromatic N) is 3. The Balaban J connectivity index is 2.36. The summed E-state index contributed by atoms with van der Waals surface area (Å²) in [7, 11) is 0. The maximum absolute atomic E-state index is 12.2. The first-order valence-corrected chi connectivity index (χ1v) is 7.69. The van der Waals surface area contributed by atoms with Gasteiger partial charge in [0, 0.05) is 52.6 Å². The van der Waals surface area contributed by atoms with Crippen molar-refractivity contribution in [2.24, 2.45) is 5.92 Å². The highest BCUT2D eigenvalue weighted by Gasteiger charge is 2.21. The number of hydrogen-bond donors (Lipinski definition) is 0. The monoisotopic (exact) mass is 283 g/mol. The van der Waals surface area contributed by atoms with Gasteiger partial charge < -0.3 is 14.7 Å². The SMILES string of the molecule is CCN1CCN(C(=O)CCN(CC(C)C)C(C)=O)CC1. The van der Waals surface area contributed by atoms with E-state index in [-0.39, 0.29) is 11.8 Å². The summed E-state index contributed by atoms with van der Waals surface area (Å²) < 4.78 is 0. The van der Waals surface area contributed by atoms with Crippen LogP contribution in [-0.2, 0) is 9.59 Å². The molecule has 1 rings (SSSR count). The van der Waals surface area contributed by atoms with Crippen molar-refractivity contribution in [1.82, 2.24) is 14.7 Å². The highest BCUT2D eigenvalue weighted by atomic mass is 16.2. The number of likely N-dealkylation sites (N-methyl/N-ethyl adjacent to an activating group) is 1. The molecule has 1 saturated heterocycles. The minimum absolute atomic E-state index is 0.0577. The van der Waals surface area contributed by atoms with E-state index in [1.807, 2.05) is 4.90 Å². The van der Waals surface area contributed by atoms with Gasteiger partial charge in [-0.15, -0.1) is 0 Å². The van der Waals surface area contributed by atoms with E-state index in [1.165, 1.54) is 0 Å². The molecule has 116 valence electrons. The van der Waals surface area contributed by atoms with Gasteiger partial charge in [-0.3, -0.25) is 9.59 Å². The average Bonchev–Trinajstić information content (AvgIpc) is 2.42. The van der Waals surface area contributed by atoms with Gasteiger partial charge in [0.05, 0.1) is 0 Å². The topological polar surface area (TPSA) is 43.9 Å². The van der Waals surface area contributed by atoms with E-state index in [1.54, 1.807) is 11.8 Å². The van der Waals surface area contributed by atoms with Crippen LogP contribution in [0.3, 0.4) is 0 Å². The quantitative estimate of drug-likeness (QED) is 0.732. The van der Waals surface area contributed by atoms with Gasteiger partial charge in [0.1, 0.15) is 0 Å². The smallest absolute Gasteiger partial charge is 0.224 e. The Morgan fingerprint density at radius 2 is 1.75 bits per heavy atom. The molecule has 1 fully saturated rings. The van der Waals surface area contributed by atoms with Crippen molar-refractivity contribution in [2.75, 3.05) is 45.8 Å². The zero-order chi connectivity index (χ0) is 15.1. The Bertz CT molecular complexity index is 323. The lowest BCUT2D eigenvalue weighted by atomic mass is 10.2. The first kappa shape index (κ1) is 17.0. The highest BCUT2D eigenvalue weighted by molar-refractivity contribution is 5.78. The van der Waals surface area contributed by atoms with Crippen LogP contribution < -0.4 is 0 Å². The summed E-state index contributed by atoms with van der Waals surface area (Å²) in [5, 5.41) is 0. The summed E-state index contributed by atoms with van der Waals surface area (Å²) in [6.07, 6.45) is 0.443. The van der Waals surface area contributed by atoms with Gasteiger partial charge >= 0.3 is 0 Å². The minimum Gasteiger partial charge on any atom is -0.342 e. The zero-order valence-electron chi connectivity index (χ0n) is 13.4. The van der Waals surface area contributed by atoms with Crippen molar-refractivity contribution >= 4 is 11.8 Å². The van der Waals surface area contributed by atoms with Gasteiger partial charge in [0.25, 0.3) is 0 Å². The molecule has 0 atom stereocenters. The summed E-state index contributed by atoms with van der Waals surface area (Å²) in [6.45, 7) is 13.8. The molecule has 1 aliphatic heterocycles. The number of rotatable bonds is 6. The molecule has 0 aromatic heterocycles. The molecule has 1 aliphatic rings. The second kappa shape index (κ2) is 8.25. The summed E-state index contributed by atoms with van der Waals surface area (Å²) in [4.78, 5) is 29.8. The first-order chi connectivity index (χ1) is 9.43. The van der Waals surface area contributed by atoms with Gasteiger partial charge in [-0.25, -0.2) is 0 Å². The van der Waals surface area contributed by atoms with Crippen LogP contribution in [0.1, 0.15) is 34.1 Å². The lowest BCUT2D eigenvalue weighted by Gasteiger charge is -2.34. The number of hydrogen-bond acceptors (Lipinski definition) is 3. The predicted octanol–water partition coefficient (Wildman–Crippen LogP) is 1.05. The lowest BCUT2D eigenvalue weighted by molar-refractivity contribution is -0.135. The average molecular weight is 283 g/mol. The van der Waals surface area contributed by atoms with Gasteiger partial charge in [0.15, 0.2) is 0 Å². The van der Waals surface area contributed by atoms with E-state index >= 15 is 0 Å². The van der Waals surface area contributed by atoms with Crippen LogP contribution in [0.4, 0.5) is 0 Å². The zero-order valence-corrected chi connectivity index (χ0v) is 13.4. The van der Waals surface area contributed by atoms with Gasteiger partial charge in [-0.1, -0.05) is 20.8 Å². The Hall–Kier alpha value is -1.10. The van der Waals surface area contributed by atoms with Crippen LogP contribution >= 0.6 is 0 Å². The van der Waals surface area contributed by atoms with Crippen molar-refractivity contribution in [3.63, 3.8) is 0 Å². The summed E-state index contributed by atoms with van der Waals surface area (Å²) in [5.74, 6) is 0.667. The molecule has 5 nitrogen and oxygen atoms in total. The molecule has 0 bridgehead atoms. The van der Waals surface area contributed by atoms with Crippen LogP contribution in [0, 0.1) is 5.92 Å². The Labute approximate surface area is 122 Å². The van der Waals surface area contributed by atoms with Crippen LogP contribution in [0.15, 0.2) is 0 Å². The molecule has 0 aliphatic carbocycles. The van der Waals surface area contributed by atoms with Gasteiger partial charge in [-0.05, 0) is 12.5 Å². The first-order valence-electron chi connectivity index (χ1n) is 7.69. The number of carbonyl (C=O) groups excluding carboxylic acids is 2. The summed E-state index contributed by atoms with van der Waals surface area (Å²) >= 11 is 0. The molecule has 1 heterocycles. The molecule has 0 unspecified atom stereocenters. The van der Waals surface area contributed by atoms with Crippen molar-refractivity contribution < 1.29 is 9.59 Å². The molecule has 0 N–H and O–H groups in total. The van der Waals surface area contributed by atoms with Gasteiger partial charge in [0.2, 0.25) is 11.8 Å². The van der Waals surface area contributed by atoms with Gasteiger partial charge in [-0.2, -0.15) is 0 Å². The van der Waals surface area contributed by atoms with Crippen LogP contribution in [0.5, 0.6) is 0 Å². The number of carbonyl (C=O) groups is 2. The maximum atomic E-state index is 12.2. The normalized spacial score (nSPS) is 16.6. The molecule has 2 amide bonds. The number of piperazine rings is 1.